The van der Waals surface area contributed by atoms with Gasteiger partial charge in [-0.2, -0.15) is 10.4 Å². The molecule has 2 aromatic rings. The Morgan fingerprint density at radius 1 is 1.45 bits per heavy atom. The van der Waals surface area contributed by atoms with Crippen molar-refractivity contribution in [2.24, 2.45) is 10.8 Å². The fraction of sp³-hybridized carbons (Fsp3) is 0.0714. The third kappa shape index (κ3) is 3.52. The van der Waals surface area contributed by atoms with Crippen molar-refractivity contribution in [1.29, 1.82) is 10.7 Å². The smallest absolute Gasteiger partial charge is 0.201 e. The zero-order valence-electron chi connectivity index (χ0n) is 11.3. The zero-order valence-corrected chi connectivity index (χ0v) is 12.9. The van der Waals surface area contributed by atoms with Gasteiger partial charge >= 0.3 is 0 Å². The highest BCUT2D eigenvalue weighted by molar-refractivity contribution is 9.10. The van der Waals surface area contributed by atoms with E-state index in [0.717, 1.165) is 10.0 Å². The summed E-state index contributed by atoms with van der Waals surface area (Å²) in [4.78, 5) is 0. The van der Waals surface area contributed by atoms with Gasteiger partial charge in [0.1, 0.15) is 24.2 Å². The number of aliphatic hydroxyl groups excluding tert-OH is 1. The first-order valence-corrected chi connectivity index (χ1v) is 6.92. The van der Waals surface area contributed by atoms with E-state index in [9.17, 15) is 0 Å². The minimum Gasteiger partial charge on any atom is -0.459 e. The molecule has 0 radical (unpaired) electrons. The molecule has 0 aliphatic heterocycles. The van der Waals surface area contributed by atoms with Gasteiger partial charge in [0.25, 0.3) is 0 Å². The molecule has 1 heterocycles. The van der Waals surface area contributed by atoms with Crippen molar-refractivity contribution < 1.29 is 9.52 Å². The normalized spacial score (nSPS) is 11.0. The summed E-state index contributed by atoms with van der Waals surface area (Å²) in [6.45, 7) is -0.159. The van der Waals surface area contributed by atoms with E-state index in [0.29, 0.717) is 17.2 Å². The van der Waals surface area contributed by atoms with Crippen LogP contribution in [0.1, 0.15) is 5.76 Å². The Bertz CT molecular complexity index is 776. The zero-order chi connectivity index (χ0) is 16.1. The Morgan fingerprint density at radius 3 is 2.77 bits per heavy atom. The lowest BCUT2D eigenvalue weighted by atomic mass is 10.1. The molecule has 7 nitrogen and oxygen atoms in total. The first-order chi connectivity index (χ1) is 10.5. The lowest BCUT2D eigenvalue weighted by molar-refractivity contribution is 0.248. The number of nitrogens with two attached hydrogens (primary N) is 1. The number of aliphatic hydroxyl groups is 1. The highest BCUT2D eigenvalue weighted by Gasteiger charge is 2.09. The lowest BCUT2D eigenvalue weighted by Gasteiger charge is -2.05. The van der Waals surface area contributed by atoms with Gasteiger partial charge in [0.2, 0.25) is 5.71 Å². The van der Waals surface area contributed by atoms with E-state index in [1.807, 2.05) is 0 Å². The number of halogens is 1. The summed E-state index contributed by atoms with van der Waals surface area (Å²) < 4.78 is 6.21. The molecular weight excluding hydrogens is 350 g/mol. The second kappa shape index (κ2) is 6.89. The molecule has 0 aliphatic carbocycles. The second-order valence-corrected chi connectivity index (χ2v) is 5.07. The van der Waals surface area contributed by atoms with Crippen LogP contribution in [0.3, 0.4) is 0 Å². The van der Waals surface area contributed by atoms with Crippen molar-refractivity contribution in [3.8, 4) is 17.4 Å². The van der Waals surface area contributed by atoms with E-state index >= 15 is 0 Å². The molecule has 0 aliphatic rings. The molecule has 8 heteroatoms. The quantitative estimate of drug-likeness (QED) is 0.369. The molecule has 22 heavy (non-hydrogen) atoms. The van der Waals surface area contributed by atoms with Gasteiger partial charge in [-0.25, -0.2) is 0 Å². The van der Waals surface area contributed by atoms with E-state index < -0.39 is 5.84 Å². The van der Waals surface area contributed by atoms with Crippen LogP contribution in [-0.4, -0.2) is 16.7 Å². The summed E-state index contributed by atoms with van der Waals surface area (Å²) in [5.74, 6) is 0.694. The maximum Gasteiger partial charge on any atom is 0.201 e. The van der Waals surface area contributed by atoms with Crippen LogP contribution >= 0.6 is 15.9 Å². The monoisotopic (exact) mass is 361 g/mol. The number of nitriles is 1. The number of amidine groups is 1. The number of anilines is 1. The molecule has 5 N–H and O–H groups in total. The standard InChI is InChI=1S/C14H12BrN5O2/c15-11-5-8(19-20-12(6-16)14(17)18)1-3-10(11)13-4-2-9(7-21)22-13/h1-5,19,21H,7H2,(H3,17,18)/b20-12+. The lowest BCUT2D eigenvalue weighted by Crippen LogP contribution is -2.21. The maximum absolute atomic E-state index is 9.02. The van der Waals surface area contributed by atoms with Crippen LogP contribution in [0.25, 0.3) is 11.3 Å². The van der Waals surface area contributed by atoms with Crippen LogP contribution in [0.2, 0.25) is 0 Å². The summed E-state index contributed by atoms with van der Waals surface area (Å²) in [6.07, 6.45) is 0. The number of hydrazone groups is 1. The van der Waals surface area contributed by atoms with Crippen LogP contribution in [-0.2, 0) is 6.61 Å². The fourth-order valence-corrected chi connectivity index (χ4v) is 2.23. The van der Waals surface area contributed by atoms with Crippen LogP contribution in [0.15, 0.2) is 44.3 Å². The van der Waals surface area contributed by atoms with Crippen LogP contribution in [0, 0.1) is 16.7 Å². The molecule has 0 bridgehead atoms. The van der Waals surface area contributed by atoms with Crippen molar-refractivity contribution in [3.63, 3.8) is 0 Å². The van der Waals surface area contributed by atoms with Gasteiger partial charge in [0.05, 0.1) is 5.69 Å². The third-order valence-electron chi connectivity index (χ3n) is 2.71. The SMILES string of the molecule is N#C/C(=N\Nc1ccc(-c2ccc(CO)o2)c(Br)c1)C(=N)N. The number of benzene rings is 1. The van der Waals surface area contributed by atoms with Gasteiger partial charge in [0.15, 0.2) is 5.84 Å². The Labute approximate surface area is 134 Å². The molecule has 112 valence electrons. The molecule has 0 atom stereocenters. The van der Waals surface area contributed by atoms with Crippen molar-refractivity contribution in [1.82, 2.24) is 0 Å². The molecule has 0 amide bonds. The Morgan fingerprint density at radius 2 is 2.23 bits per heavy atom. The van der Waals surface area contributed by atoms with Crippen molar-refractivity contribution in [3.05, 3.63) is 40.6 Å². The van der Waals surface area contributed by atoms with E-state index in [4.69, 9.17) is 25.9 Å². The maximum atomic E-state index is 9.02. The van der Waals surface area contributed by atoms with E-state index in [1.165, 1.54) is 0 Å². The minimum atomic E-state index is -0.405. The summed E-state index contributed by atoms with van der Waals surface area (Å²) in [5, 5.41) is 28.7. The molecule has 2 rings (SSSR count). The van der Waals surface area contributed by atoms with Gasteiger partial charge in [0, 0.05) is 10.0 Å². The van der Waals surface area contributed by atoms with Gasteiger partial charge in [-0.15, -0.1) is 0 Å². The molecule has 0 spiro atoms. The van der Waals surface area contributed by atoms with Crippen molar-refractivity contribution in [2.75, 3.05) is 5.43 Å². The average Bonchev–Trinajstić information content (AvgIpc) is 2.96. The van der Waals surface area contributed by atoms with Crippen LogP contribution < -0.4 is 11.2 Å². The van der Waals surface area contributed by atoms with Crippen LogP contribution in [0.5, 0.6) is 0 Å². The van der Waals surface area contributed by atoms with Crippen LogP contribution in [0.4, 0.5) is 5.69 Å². The molecule has 0 fully saturated rings. The van der Waals surface area contributed by atoms with E-state index in [1.54, 1.807) is 36.4 Å². The average molecular weight is 362 g/mol. The Balaban J connectivity index is 2.23. The van der Waals surface area contributed by atoms with Crippen molar-refractivity contribution in [2.45, 2.75) is 6.61 Å². The predicted octanol–water partition coefficient (Wildman–Crippen LogP) is 2.43. The molecule has 0 saturated heterocycles. The predicted molar refractivity (Wildman–Crippen MR) is 86.4 cm³/mol. The molecule has 0 unspecified atom stereocenters. The first kappa shape index (κ1) is 15.8. The summed E-state index contributed by atoms with van der Waals surface area (Å²) in [7, 11) is 0. The van der Waals surface area contributed by atoms with Gasteiger partial charge in [-0.1, -0.05) is 0 Å². The minimum absolute atomic E-state index is 0.159. The topological polar surface area (TPSA) is 131 Å². The number of hydrogen-bond donors (Lipinski definition) is 4. The van der Waals surface area contributed by atoms with E-state index in [2.05, 4.69) is 26.5 Å². The molecule has 0 saturated carbocycles. The summed E-state index contributed by atoms with van der Waals surface area (Å²) in [6, 6.07) is 10.5. The number of furan rings is 1. The van der Waals surface area contributed by atoms with Gasteiger partial charge in [-0.3, -0.25) is 10.8 Å². The largest absolute Gasteiger partial charge is 0.459 e. The summed E-state index contributed by atoms with van der Waals surface area (Å²) >= 11 is 3.43. The van der Waals surface area contributed by atoms with E-state index in [-0.39, 0.29) is 12.3 Å². The first-order valence-electron chi connectivity index (χ1n) is 6.13. The highest BCUT2D eigenvalue weighted by atomic mass is 79.9. The van der Waals surface area contributed by atoms with Gasteiger partial charge in [-0.05, 0) is 46.3 Å². The molecule has 1 aromatic heterocycles. The Kier molecular flexibility index (Phi) is 4.93. The number of hydrogen-bond acceptors (Lipinski definition) is 6. The number of nitrogens with one attached hydrogen (secondary N) is 2. The number of nitrogens with zero attached hydrogens (tertiary/aromatic N) is 2. The van der Waals surface area contributed by atoms with Crippen molar-refractivity contribution >= 4 is 33.2 Å². The molecule has 1 aromatic carbocycles. The third-order valence-corrected chi connectivity index (χ3v) is 3.37. The second-order valence-electron chi connectivity index (χ2n) is 4.22. The highest BCUT2D eigenvalue weighted by Crippen LogP contribution is 2.32. The summed E-state index contributed by atoms with van der Waals surface area (Å²) in [5.41, 5.74) is 9.08. The molecular formula is C14H12BrN5O2. The van der Waals surface area contributed by atoms with Gasteiger partial charge < -0.3 is 15.3 Å². The Hall–Kier alpha value is -2.63. The fourth-order valence-electron chi connectivity index (χ4n) is 1.66. The number of rotatable bonds is 5.